The lowest BCUT2D eigenvalue weighted by Crippen LogP contribution is -3.00. The highest BCUT2D eigenvalue weighted by Gasteiger charge is 2.11. The van der Waals surface area contributed by atoms with E-state index in [2.05, 4.69) is 59.0 Å². The molecule has 0 radical (unpaired) electrons. The van der Waals surface area contributed by atoms with Crippen LogP contribution in [0.2, 0.25) is 0 Å². The maximum Gasteiger partial charge on any atom is 0.227 e. The van der Waals surface area contributed by atoms with Gasteiger partial charge < -0.3 is 17.0 Å². The second-order valence-electron chi connectivity index (χ2n) is 5.47. The van der Waals surface area contributed by atoms with Crippen LogP contribution in [0.25, 0.3) is 0 Å². The number of ketones is 1. The summed E-state index contributed by atoms with van der Waals surface area (Å²) < 4.78 is 3.06. The zero-order chi connectivity index (χ0) is 16.1. The Balaban J connectivity index is 0.00000208. The number of benzene rings is 2. The van der Waals surface area contributed by atoms with Gasteiger partial charge in [-0.3, -0.25) is 4.79 Å². The van der Waals surface area contributed by atoms with Crippen molar-refractivity contribution in [2.45, 2.75) is 13.0 Å². The van der Waals surface area contributed by atoms with Crippen LogP contribution in [0.5, 0.6) is 0 Å². The number of hydrogen-bond acceptors (Lipinski definition) is 1. The second kappa shape index (κ2) is 9.08. The van der Waals surface area contributed by atoms with Crippen molar-refractivity contribution in [3.05, 3.63) is 99.4 Å². The van der Waals surface area contributed by atoms with Crippen molar-refractivity contribution < 1.29 is 26.3 Å². The third-order valence-corrected chi connectivity index (χ3v) is 4.42. The summed E-state index contributed by atoms with van der Waals surface area (Å²) in [4.78, 5) is 12.3. The summed E-state index contributed by atoms with van der Waals surface area (Å²) in [7, 11) is 0. The van der Waals surface area contributed by atoms with Crippen LogP contribution >= 0.6 is 22.6 Å². The van der Waals surface area contributed by atoms with Crippen molar-refractivity contribution in [1.82, 2.24) is 0 Å². The fraction of sp³-hybridized carbons (Fsp3) is 0.100. The Bertz CT molecular complexity index is 786. The molecular weight excluding hydrogens is 477 g/mol. The lowest BCUT2D eigenvalue weighted by atomic mass is 10.1. The number of nitrogens with zero attached hydrogens (tertiary/aromatic N) is 1. The van der Waals surface area contributed by atoms with Gasteiger partial charge in [-0.2, -0.15) is 4.57 Å². The molecule has 0 fully saturated rings. The molecule has 4 heteroatoms. The zero-order valence-corrected chi connectivity index (χ0v) is 16.8. The lowest BCUT2D eigenvalue weighted by molar-refractivity contribution is -0.683. The summed E-state index contributed by atoms with van der Waals surface area (Å²) in [5.41, 5.74) is 3.29. The fourth-order valence-electron chi connectivity index (χ4n) is 2.44. The molecule has 0 bridgehead atoms. The van der Waals surface area contributed by atoms with E-state index in [4.69, 9.17) is 0 Å². The van der Waals surface area contributed by atoms with Crippen LogP contribution in [0.15, 0.2) is 79.1 Å². The molecule has 0 amide bonds. The standard InChI is InChI=1S/C20H17INO.BrH/c21-19-8-6-18(7-9-19)20(23)15-22-12-10-17(11-13-22)14-16-4-2-1-3-5-16;/h1-13H,14-15H2;1H/q+1;/p-1. The molecule has 0 N–H and O–H groups in total. The van der Waals surface area contributed by atoms with Crippen LogP contribution in [0.1, 0.15) is 21.5 Å². The molecule has 0 aliphatic carbocycles. The highest BCUT2D eigenvalue weighted by molar-refractivity contribution is 14.1. The number of aromatic nitrogens is 1. The van der Waals surface area contributed by atoms with Crippen LogP contribution in [-0.4, -0.2) is 5.78 Å². The van der Waals surface area contributed by atoms with Gasteiger partial charge in [-0.15, -0.1) is 0 Å². The summed E-state index contributed by atoms with van der Waals surface area (Å²) in [6, 6.07) is 22.2. The molecule has 0 saturated carbocycles. The van der Waals surface area contributed by atoms with Crippen molar-refractivity contribution in [1.29, 1.82) is 0 Å². The van der Waals surface area contributed by atoms with Crippen molar-refractivity contribution in [2.24, 2.45) is 0 Å². The predicted molar refractivity (Wildman–Crippen MR) is 99.4 cm³/mol. The molecule has 3 rings (SSSR count). The van der Waals surface area contributed by atoms with Gasteiger partial charge in [0.25, 0.3) is 0 Å². The summed E-state index contributed by atoms with van der Waals surface area (Å²) in [6.07, 6.45) is 4.86. The first kappa shape index (κ1) is 18.8. The van der Waals surface area contributed by atoms with Crippen LogP contribution in [0, 0.1) is 3.57 Å². The number of pyridine rings is 1. The molecule has 0 spiro atoms. The minimum Gasteiger partial charge on any atom is -1.00 e. The third kappa shape index (κ3) is 5.24. The molecule has 122 valence electrons. The Morgan fingerprint density at radius 2 is 1.42 bits per heavy atom. The van der Waals surface area contributed by atoms with Gasteiger partial charge >= 0.3 is 0 Å². The molecule has 0 atom stereocenters. The van der Waals surface area contributed by atoms with Gasteiger partial charge in [0, 0.05) is 21.3 Å². The molecule has 1 aromatic heterocycles. The highest BCUT2D eigenvalue weighted by Crippen LogP contribution is 2.09. The number of Topliss-reactive ketones (excluding diaryl/α,β-unsaturated/α-hetero) is 1. The lowest BCUT2D eigenvalue weighted by Gasteiger charge is -2.02. The van der Waals surface area contributed by atoms with E-state index < -0.39 is 0 Å². The average molecular weight is 494 g/mol. The van der Waals surface area contributed by atoms with Crippen LogP contribution in [0.3, 0.4) is 0 Å². The minimum absolute atomic E-state index is 0. The Labute approximate surface area is 166 Å². The van der Waals surface area contributed by atoms with Crippen molar-refractivity contribution in [2.75, 3.05) is 0 Å². The van der Waals surface area contributed by atoms with Crippen LogP contribution in [-0.2, 0) is 13.0 Å². The van der Waals surface area contributed by atoms with Crippen LogP contribution < -0.4 is 21.5 Å². The Morgan fingerprint density at radius 3 is 2.04 bits per heavy atom. The largest absolute Gasteiger partial charge is 1.00 e. The molecule has 2 aromatic carbocycles. The predicted octanol–water partition coefficient (Wildman–Crippen LogP) is 1.06. The molecule has 0 unspecified atom stereocenters. The first-order valence-corrected chi connectivity index (χ1v) is 8.59. The van der Waals surface area contributed by atoms with Crippen molar-refractivity contribution in [3.63, 3.8) is 0 Å². The summed E-state index contributed by atoms with van der Waals surface area (Å²) in [5.74, 6) is 0.127. The number of carbonyl (C=O) groups is 1. The molecule has 2 nitrogen and oxygen atoms in total. The molecule has 24 heavy (non-hydrogen) atoms. The number of hydrogen-bond donors (Lipinski definition) is 0. The Morgan fingerprint density at radius 1 is 0.833 bits per heavy atom. The summed E-state index contributed by atoms with van der Waals surface area (Å²) in [5, 5.41) is 0. The number of carbonyl (C=O) groups excluding carboxylic acids is 1. The van der Waals surface area contributed by atoms with Gasteiger partial charge in [-0.25, -0.2) is 0 Å². The van der Waals surface area contributed by atoms with Crippen molar-refractivity contribution in [3.8, 4) is 0 Å². The van der Waals surface area contributed by atoms with E-state index in [0.717, 1.165) is 15.6 Å². The molecule has 0 saturated heterocycles. The van der Waals surface area contributed by atoms with E-state index in [9.17, 15) is 4.79 Å². The van der Waals surface area contributed by atoms with Gasteiger partial charge in [-0.05, 0) is 52.3 Å². The van der Waals surface area contributed by atoms with Gasteiger partial charge in [0.05, 0.1) is 0 Å². The molecule has 3 aromatic rings. The van der Waals surface area contributed by atoms with Crippen LogP contribution in [0.4, 0.5) is 0 Å². The molecule has 1 heterocycles. The smallest absolute Gasteiger partial charge is 0.227 e. The first-order chi connectivity index (χ1) is 11.2. The Kier molecular flexibility index (Phi) is 7.12. The second-order valence-corrected chi connectivity index (χ2v) is 6.72. The Hall–Kier alpha value is -1.53. The van der Waals surface area contributed by atoms with E-state index in [1.165, 1.54) is 11.1 Å². The fourth-order valence-corrected chi connectivity index (χ4v) is 2.80. The van der Waals surface area contributed by atoms with E-state index in [1.807, 2.05) is 47.3 Å². The van der Waals surface area contributed by atoms with E-state index in [-0.39, 0.29) is 22.8 Å². The van der Waals surface area contributed by atoms with E-state index in [0.29, 0.717) is 6.54 Å². The van der Waals surface area contributed by atoms with E-state index >= 15 is 0 Å². The average Bonchev–Trinajstić information content (AvgIpc) is 2.58. The van der Waals surface area contributed by atoms with Gasteiger partial charge in [0.1, 0.15) is 0 Å². The third-order valence-electron chi connectivity index (χ3n) is 3.70. The number of halogens is 2. The molecule has 0 aliphatic rings. The van der Waals surface area contributed by atoms with Gasteiger partial charge in [-0.1, -0.05) is 42.5 Å². The van der Waals surface area contributed by atoms with Gasteiger partial charge in [0.15, 0.2) is 12.4 Å². The molecule has 0 aliphatic heterocycles. The quantitative estimate of drug-likeness (QED) is 0.296. The molecular formula is C20H17BrINO. The summed E-state index contributed by atoms with van der Waals surface area (Å²) in [6.45, 7) is 0.367. The zero-order valence-electron chi connectivity index (χ0n) is 13.0. The topological polar surface area (TPSA) is 20.9 Å². The minimum atomic E-state index is 0. The number of rotatable bonds is 5. The first-order valence-electron chi connectivity index (χ1n) is 7.51. The normalized spacial score (nSPS) is 10.0. The summed E-state index contributed by atoms with van der Waals surface area (Å²) >= 11 is 2.24. The van der Waals surface area contributed by atoms with Crippen molar-refractivity contribution >= 4 is 28.4 Å². The maximum absolute atomic E-state index is 12.3. The maximum atomic E-state index is 12.3. The van der Waals surface area contributed by atoms with E-state index in [1.54, 1.807) is 0 Å². The highest BCUT2D eigenvalue weighted by atomic mass is 127. The van der Waals surface area contributed by atoms with Gasteiger partial charge in [0.2, 0.25) is 12.3 Å². The SMILES string of the molecule is O=C(C[n+]1ccc(Cc2ccccc2)cc1)c1ccc(I)cc1.[Br-]. The monoisotopic (exact) mass is 493 g/mol.